The Morgan fingerprint density at radius 2 is 1.83 bits per heavy atom. The van der Waals surface area contributed by atoms with Crippen LogP contribution in [0.1, 0.15) is 12.0 Å². The van der Waals surface area contributed by atoms with Crippen molar-refractivity contribution in [1.29, 1.82) is 0 Å². The highest BCUT2D eigenvalue weighted by atomic mass is 35.5. The molecule has 1 aliphatic rings. The molecule has 1 fully saturated rings. The van der Waals surface area contributed by atoms with E-state index in [1.807, 2.05) is 43.4 Å². The zero-order chi connectivity index (χ0) is 17.1. The summed E-state index contributed by atoms with van der Waals surface area (Å²) in [7, 11) is 1.98. The summed E-state index contributed by atoms with van der Waals surface area (Å²) in [6, 6.07) is 17.1. The van der Waals surface area contributed by atoms with E-state index in [1.54, 1.807) is 6.07 Å². The second kappa shape index (κ2) is 7.53. The van der Waals surface area contributed by atoms with Crippen molar-refractivity contribution in [1.82, 2.24) is 4.90 Å². The molecule has 3 rings (SSSR count). The first-order valence-corrected chi connectivity index (χ1v) is 8.53. The highest BCUT2D eigenvalue weighted by Crippen LogP contribution is 2.31. The number of nitrogens with zero attached hydrogens (tertiary/aromatic N) is 1. The molecular weight excluding hydrogens is 324 g/mol. The molecular formula is C19H23ClN2O2. The highest BCUT2D eigenvalue weighted by molar-refractivity contribution is 6.32. The summed E-state index contributed by atoms with van der Waals surface area (Å²) in [5.41, 5.74) is 7.48. The van der Waals surface area contributed by atoms with Crippen molar-refractivity contribution in [2.24, 2.45) is 5.73 Å². The van der Waals surface area contributed by atoms with E-state index in [-0.39, 0.29) is 18.2 Å². The van der Waals surface area contributed by atoms with Crippen LogP contribution in [0.3, 0.4) is 0 Å². The Kier molecular flexibility index (Phi) is 5.41. The number of benzene rings is 2. The van der Waals surface area contributed by atoms with Gasteiger partial charge in [0.2, 0.25) is 0 Å². The average molecular weight is 347 g/mol. The molecule has 2 aromatic rings. The van der Waals surface area contributed by atoms with E-state index in [0.29, 0.717) is 17.2 Å². The first kappa shape index (κ1) is 17.2. The van der Waals surface area contributed by atoms with Crippen molar-refractivity contribution in [3.8, 4) is 5.75 Å². The Bertz CT molecular complexity index is 667. The fourth-order valence-corrected chi connectivity index (χ4v) is 3.59. The first-order valence-electron chi connectivity index (χ1n) is 8.15. The molecule has 3 N–H and O–H groups in total. The molecule has 1 saturated carbocycles. The highest BCUT2D eigenvalue weighted by Gasteiger charge is 2.44. The number of nitrogens with two attached hydrogens (primary N) is 1. The van der Waals surface area contributed by atoms with Crippen molar-refractivity contribution in [3.63, 3.8) is 0 Å². The van der Waals surface area contributed by atoms with Crippen LogP contribution in [0.25, 0.3) is 0 Å². The van der Waals surface area contributed by atoms with E-state index in [1.165, 1.54) is 5.56 Å². The van der Waals surface area contributed by atoms with Crippen molar-refractivity contribution in [3.05, 3.63) is 65.2 Å². The van der Waals surface area contributed by atoms with Crippen LogP contribution in [0.4, 0.5) is 0 Å². The Morgan fingerprint density at radius 3 is 2.54 bits per heavy atom. The van der Waals surface area contributed by atoms with Gasteiger partial charge in [0.15, 0.2) is 0 Å². The molecule has 0 bridgehead atoms. The van der Waals surface area contributed by atoms with Gasteiger partial charge in [0, 0.05) is 19.0 Å². The third-order valence-corrected chi connectivity index (χ3v) is 4.88. The molecule has 128 valence electrons. The van der Waals surface area contributed by atoms with Gasteiger partial charge in [-0.3, -0.25) is 4.90 Å². The minimum Gasteiger partial charge on any atom is -0.486 e. The van der Waals surface area contributed by atoms with E-state index in [2.05, 4.69) is 17.0 Å². The molecule has 4 atom stereocenters. The van der Waals surface area contributed by atoms with E-state index in [0.717, 1.165) is 6.54 Å². The summed E-state index contributed by atoms with van der Waals surface area (Å²) < 4.78 is 5.93. The minimum atomic E-state index is -0.662. The van der Waals surface area contributed by atoms with Crippen molar-refractivity contribution < 1.29 is 9.84 Å². The molecule has 24 heavy (non-hydrogen) atoms. The fraction of sp³-hybridized carbons (Fsp3) is 0.368. The second-order valence-corrected chi connectivity index (χ2v) is 6.78. The fourth-order valence-electron chi connectivity index (χ4n) is 3.41. The SMILES string of the molecule is CN(Cc1ccccc1)[C@@H]1[C@@H](O)[C@H](Oc2ccccc2Cl)C[C@H]1N. The molecule has 0 amide bonds. The van der Waals surface area contributed by atoms with Crippen LogP contribution >= 0.6 is 11.6 Å². The van der Waals surface area contributed by atoms with Gasteiger partial charge in [-0.2, -0.15) is 0 Å². The standard InChI is InChI=1S/C19H23ClN2O2/c1-22(12-13-7-3-2-4-8-13)18-15(21)11-17(19(18)23)24-16-10-6-5-9-14(16)20/h2-10,15,17-19,23H,11-12,21H2,1H3/t15-,17-,18+,19+/m1/s1. The van der Waals surface area contributed by atoms with Gasteiger partial charge in [-0.1, -0.05) is 54.1 Å². The summed E-state index contributed by atoms with van der Waals surface area (Å²) in [5.74, 6) is 0.585. The van der Waals surface area contributed by atoms with Crippen LogP contribution in [-0.2, 0) is 6.54 Å². The van der Waals surface area contributed by atoms with Gasteiger partial charge in [-0.05, 0) is 24.7 Å². The summed E-state index contributed by atoms with van der Waals surface area (Å²) in [6.45, 7) is 0.731. The molecule has 0 unspecified atom stereocenters. The van der Waals surface area contributed by atoms with Crippen molar-refractivity contribution in [2.75, 3.05) is 7.05 Å². The number of para-hydroxylation sites is 1. The van der Waals surface area contributed by atoms with Gasteiger partial charge in [0.25, 0.3) is 0 Å². The number of rotatable bonds is 5. The summed E-state index contributed by atoms with van der Waals surface area (Å²) in [6.07, 6.45) is -0.427. The van der Waals surface area contributed by atoms with Crippen LogP contribution < -0.4 is 10.5 Å². The second-order valence-electron chi connectivity index (χ2n) is 6.37. The Labute approximate surface area is 147 Å². The van der Waals surface area contributed by atoms with Gasteiger partial charge < -0.3 is 15.6 Å². The Balaban J connectivity index is 1.68. The van der Waals surface area contributed by atoms with Crippen LogP contribution in [0.2, 0.25) is 5.02 Å². The molecule has 2 aromatic carbocycles. The molecule has 0 aliphatic heterocycles. The van der Waals surface area contributed by atoms with E-state index in [4.69, 9.17) is 22.1 Å². The van der Waals surface area contributed by atoms with E-state index in [9.17, 15) is 5.11 Å². The maximum Gasteiger partial charge on any atom is 0.138 e. The first-order chi connectivity index (χ1) is 11.6. The predicted octanol–water partition coefficient (Wildman–Crippen LogP) is 2.68. The van der Waals surface area contributed by atoms with Crippen LogP contribution in [0.15, 0.2) is 54.6 Å². The number of likely N-dealkylation sites (N-methyl/N-ethyl adjacent to an activating group) is 1. The van der Waals surface area contributed by atoms with Crippen LogP contribution in [-0.4, -0.2) is 41.3 Å². The maximum absolute atomic E-state index is 10.7. The van der Waals surface area contributed by atoms with Crippen molar-refractivity contribution in [2.45, 2.75) is 37.3 Å². The summed E-state index contributed by atoms with van der Waals surface area (Å²) in [5, 5.41) is 11.3. The predicted molar refractivity (Wildman–Crippen MR) is 96.2 cm³/mol. The van der Waals surface area contributed by atoms with Crippen LogP contribution in [0.5, 0.6) is 5.75 Å². The number of ether oxygens (including phenoxy) is 1. The lowest BCUT2D eigenvalue weighted by atomic mass is 10.1. The lowest BCUT2D eigenvalue weighted by Crippen LogP contribution is -2.48. The molecule has 1 aliphatic carbocycles. The third kappa shape index (κ3) is 3.73. The van der Waals surface area contributed by atoms with Gasteiger partial charge >= 0.3 is 0 Å². The van der Waals surface area contributed by atoms with Crippen LogP contribution in [0, 0.1) is 0 Å². The lowest BCUT2D eigenvalue weighted by molar-refractivity contribution is 0.0138. The monoisotopic (exact) mass is 346 g/mol. The zero-order valence-electron chi connectivity index (χ0n) is 13.7. The number of hydrogen-bond acceptors (Lipinski definition) is 4. The van der Waals surface area contributed by atoms with Gasteiger partial charge in [0.1, 0.15) is 18.0 Å². The molecule has 0 heterocycles. The van der Waals surface area contributed by atoms with Crippen molar-refractivity contribution >= 4 is 11.6 Å². The third-order valence-electron chi connectivity index (χ3n) is 4.57. The molecule has 5 heteroatoms. The summed E-state index contributed by atoms with van der Waals surface area (Å²) in [4.78, 5) is 2.10. The number of aliphatic hydroxyl groups is 1. The van der Waals surface area contributed by atoms with E-state index >= 15 is 0 Å². The zero-order valence-corrected chi connectivity index (χ0v) is 14.4. The van der Waals surface area contributed by atoms with Gasteiger partial charge in [-0.25, -0.2) is 0 Å². The lowest BCUT2D eigenvalue weighted by Gasteiger charge is -2.30. The number of halogens is 1. The quantitative estimate of drug-likeness (QED) is 0.874. The molecule has 0 aromatic heterocycles. The maximum atomic E-state index is 10.7. The average Bonchev–Trinajstić information content (AvgIpc) is 2.84. The Morgan fingerprint density at radius 1 is 1.17 bits per heavy atom. The topological polar surface area (TPSA) is 58.7 Å². The number of aliphatic hydroxyl groups excluding tert-OH is 1. The summed E-state index contributed by atoms with van der Waals surface area (Å²) >= 11 is 6.14. The number of hydrogen-bond donors (Lipinski definition) is 2. The Hall–Kier alpha value is -1.59. The van der Waals surface area contributed by atoms with Gasteiger partial charge in [-0.15, -0.1) is 0 Å². The van der Waals surface area contributed by atoms with E-state index < -0.39 is 6.10 Å². The normalized spacial score (nSPS) is 26.7. The molecule has 4 nitrogen and oxygen atoms in total. The van der Waals surface area contributed by atoms with Gasteiger partial charge in [0.05, 0.1) is 11.1 Å². The minimum absolute atomic E-state index is 0.152. The molecule has 0 spiro atoms. The molecule has 0 radical (unpaired) electrons. The smallest absolute Gasteiger partial charge is 0.138 e. The largest absolute Gasteiger partial charge is 0.486 e. The molecule has 0 saturated heterocycles.